The number of ether oxygens (including phenoxy) is 1. The Morgan fingerprint density at radius 3 is 2.33 bits per heavy atom. The molecule has 2 saturated carbocycles. The van der Waals surface area contributed by atoms with Crippen LogP contribution < -0.4 is 14.8 Å². The van der Waals surface area contributed by atoms with Crippen LogP contribution in [0.25, 0.3) is 0 Å². The highest BCUT2D eigenvalue weighted by Gasteiger charge is 2.41. The van der Waals surface area contributed by atoms with Gasteiger partial charge in [0, 0.05) is 17.8 Å². The van der Waals surface area contributed by atoms with E-state index in [4.69, 9.17) is 33.0 Å². The van der Waals surface area contributed by atoms with E-state index in [0.717, 1.165) is 31.7 Å². The summed E-state index contributed by atoms with van der Waals surface area (Å²) in [6.45, 7) is 0. The highest BCUT2D eigenvalue weighted by atomic mass is 35.5. The Morgan fingerprint density at radius 1 is 1.06 bits per heavy atom. The first-order valence-electron chi connectivity index (χ1n) is 10.1. The first-order chi connectivity index (χ1) is 15.5. The third-order valence-corrected chi connectivity index (χ3v) is 8.02. The first kappa shape index (κ1) is 23.6. The molecule has 3 unspecified atom stereocenters. The zero-order chi connectivity index (χ0) is 23.9. The molecule has 4 rings (SSSR count). The normalized spacial score (nSPS) is 21.7. The van der Waals surface area contributed by atoms with Gasteiger partial charge >= 0.3 is 11.9 Å². The summed E-state index contributed by atoms with van der Waals surface area (Å²) < 4.78 is 34.3. The van der Waals surface area contributed by atoms with Gasteiger partial charge < -0.3 is 20.3 Å². The number of phenols is 1. The standard InChI is InChI=1S/C21H20Cl2N2O7S/c22-14-7-12(24-20(27)21(28)29)8-15(23)19(14)32-13-3-4-17(26)18(9-13)33(30,31)25-16-6-10-1-2-11(16)5-10/h3-4,7-11,16,25-26H,1-2,5-6H2,(H,24,27)(H,28,29). The van der Waals surface area contributed by atoms with Crippen LogP contribution in [0.3, 0.4) is 0 Å². The molecule has 2 aliphatic rings. The van der Waals surface area contributed by atoms with Crippen molar-refractivity contribution in [2.75, 3.05) is 5.32 Å². The number of carboxylic acids is 1. The van der Waals surface area contributed by atoms with Gasteiger partial charge in [-0.2, -0.15) is 0 Å². The van der Waals surface area contributed by atoms with Crippen molar-refractivity contribution < 1.29 is 33.0 Å². The predicted octanol–water partition coefficient (Wildman–Crippen LogP) is 3.98. The number of carbonyl (C=O) groups excluding carboxylic acids is 1. The molecule has 2 aromatic carbocycles. The number of halogens is 2. The zero-order valence-corrected chi connectivity index (χ0v) is 19.4. The van der Waals surface area contributed by atoms with Gasteiger partial charge in [-0.25, -0.2) is 17.9 Å². The topological polar surface area (TPSA) is 142 Å². The van der Waals surface area contributed by atoms with Gasteiger partial charge in [-0.1, -0.05) is 29.6 Å². The predicted molar refractivity (Wildman–Crippen MR) is 120 cm³/mol. The molecule has 4 N–H and O–H groups in total. The smallest absolute Gasteiger partial charge is 0.394 e. The van der Waals surface area contributed by atoms with Gasteiger partial charge in [-0.15, -0.1) is 0 Å². The number of aliphatic carboxylic acids is 1. The van der Waals surface area contributed by atoms with Crippen LogP contribution in [0.2, 0.25) is 10.0 Å². The van der Waals surface area contributed by atoms with Gasteiger partial charge in [0.1, 0.15) is 16.4 Å². The molecule has 3 atom stereocenters. The van der Waals surface area contributed by atoms with Gasteiger partial charge in [-0.3, -0.25) is 4.79 Å². The average Bonchev–Trinajstić information content (AvgIpc) is 3.34. The number of fused-ring (bicyclic) bond motifs is 2. The number of carboxylic acid groups (broad SMARTS) is 1. The van der Waals surface area contributed by atoms with Crippen LogP contribution in [0.4, 0.5) is 5.69 Å². The third kappa shape index (κ3) is 5.03. The minimum Gasteiger partial charge on any atom is -0.507 e. The van der Waals surface area contributed by atoms with E-state index in [1.807, 2.05) is 0 Å². The number of amides is 1. The highest BCUT2D eigenvalue weighted by Crippen LogP contribution is 2.45. The number of anilines is 1. The molecule has 2 bridgehead atoms. The molecule has 0 radical (unpaired) electrons. The Kier molecular flexibility index (Phi) is 6.45. The molecule has 9 nitrogen and oxygen atoms in total. The minimum atomic E-state index is -4.01. The molecule has 2 aliphatic carbocycles. The summed E-state index contributed by atoms with van der Waals surface area (Å²) in [6, 6.07) is 6.01. The summed E-state index contributed by atoms with van der Waals surface area (Å²) in [6.07, 6.45) is 3.92. The second-order valence-corrected chi connectivity index (χ2v) is 10.7. The maximum atomic E-state index is 13.0. The van der Waals surface area contributed by atoms with E-state index in [0.29, 0.717) is 11.8 Å². The number of benzene rings is 2. The third-order valence-electron chi connectivity index (χ3n) is 5.94. The van der Waals surface area contributed by atoms with E-state index in [1.54, 1.807) is 0 Å². The lowest BCUT2D eigenvalue weighted by Gasteiger charge is -2.23. The molecule has 0 heterocycles. The van der Waals surface area contributed by atoms with E-state index in [-0.39, 0.29) is 38.2 Å². The van der Waals surface area contributed by atoms with Crippen LogP contribution in [-0.4, -0.2) is 36.5 Å². The molecule has 0 saturated heterocycles. The van der Waals surface area contributed by atoms with Crippen molar-refractivity contribution in [2.45, 2.75) is 36.6 Å². The Labute approximate surface area is 199 Å². The monoisotopic (exact) mass is 514 g/mol. The average molecular weight is 515 g/mol. The Morgan fingerprint density at radius 2 is 1.76 bits per heavy atom. The second-order valence-electron chi connectivity index (χ2n) is 8.16. The Hall–Kier alpha value is -2.53. The number of carbonyl (C=O) groups is 2. The minimum absolute atomic E-state index is 0.0359. The van der Waals surface area contributed by atoms with Crippen molar-refractivity contribution in [2.24, 2.45) is 11.8 Å². The first-order valence-corrected chi connectivity index (χ1v) is 12.3. The van der Waals surface area contributed by atoms with E-state index in [2.05, 4.69) is 10.0 Å². The van der Waals surface area contributed by atoms with Crippen LogP contribution >= 0.6 is 23.2 Å². The van der Waals surface area contributed by atoms with Crippen LogP contribution in [0.15, 0.2) is 35.2 Å². The summed E-state index contributed by atoms with van der Waals surface area (Å²) in [4.78, 5) is 21.7. The van der Waals surface area contributed by atoms with E-state index in [1.165, 1.54) is 24.3 Å². The van der Waals surface area contributed by atoms with Gasteiger partial charge in [0.2, 0.25) is 10.0 Å². The van der Waals surface area contributed by atoms with Gasteiger partial charge in [0.05, 0.1) is 10.0 Å². The van der Waals surface area contributed by atoms with Crippen molar-refractivity contribution in [3.63, 3.8) is 0 Å². The zero-order valence-electron chi connectivity index (χ0n) is 17.0. The number of sulfonamides is 1. The van der Waals surface area contributed by atoms with Crippen molar-refractivity contribution >= 4 is 50.8 Å². The molecule has 33 heavy (non-hydrogen) atoms. The highest BCUT2D eigenvalue weighted by molar-refractivity contribution is 7.89. The number of hydrogen-bond donors (Lipinski definition) is 4. The molecule has 1 amide bonds. The van der Waals surface area contributed by atoms with Crippen molar-refractivity contribution in [1.82, 2.24) is 4.72 Å². The molecule has 0 aliphatic heterocycles. The molecule has 0 spiro atoms. The van der Waals surface area contributed by atoms with Gasteiger partial charge in [0.15, 0.2) is 5.75 Å². The quantitative estimate of drug-likeness (QED) is 0.427. The molecule has 2 fully saturated rings. The maximum absolute atomic E-state index is 13.0. The Bertz CT molecular complexity index is 1210. The second kappa shape index (κ2) is 9.02. The van der Waals surface area contributed by atoms with E-state index >= 15 is 0 Å². The fourth-order valence-corrected chi connectivity index (χ4v) is 6.45. The Balaban J connectivity index is 1.55. The molecule has 2 aromatic rings. The van der Waals surface area contributed by atoms with Crippen LogP contribution in [0, 0.1) is 11.8 Å². The number of aromatic hydroxyl groups is 1. The number of nitrogens with one attached hydrogen (secondary N) is 2. The van der Waals surface area contributed by atoms with Crippen molar-refractivity contribution in [3.05, 3.63) is 40.4 Å². The summed E-state index contributed by atoms with van der Waals surface area (Å²) >= 11 is 12.3. The number of phenolic OH excluding ortho intramolecular Hbond substituents is 1. The largest absolute Gasteiger partial charge is 0.507 e. The molecular formula is C21H20Cl2N2O7S. The summed E-state index contributed by atoms with van der Waals surface area (Å²) in [5, 5.41) is 20.9. The molecule has 12 heteroatoms. The lowest BCUT2D eigenvalue weighted by molar-refractivity contribution is -0.147. The van der Waals surface area contributed by atoms with Crippen molar-refractivity contribution in [3.8, 4) is 17.2 Å². The summed E-state index contributed by atoms with van der Waals surface area (Å²) in [7, 11) is -4.01. The lowest BCUT2D eigenvalue weighted by Crippen LogP contribution is -2.38. The van der Waals surface area contributed by atoms with Gasteiger partial charge in [-0.05, 0) is 55.4 Å². The molecular weight excluding hydrogens is 495 g/mol. The molecule has 0 aromatic heterocycles. The lowest BCUT2D eigenvalue weighted by atomic mass is 9.96. The van der Waals surface area contributed by atoms with Crippen LogP contribution in [0.1, 0.15) is 25.7 Å². The van der Waals surface area contributed by atoms with Gasteiger partial charge in [0.25, 0.3) is 0 Å². The SMILES string of the molecule is O=C(O)C(=O)Nc1cc(Cl)c(Oc2ccc(O)c(S(=O)(=O)NC3CC4CCC3C4)c2)c(Cl)c1. The number of hydrogen-bond acceptors (Lipinski definition) is 6. The van der Waals surface area contributed by atoms with Crippen LogP contribution in [0.5, 0.6) is 17.2 Å². The fourth-order valence-electron chi connectivity index (χ4n) is 4.46. The van der Waals surface area contributed by atoms with Crippen molar-refractivity contribution in [1.29, 1.82) is 0 Å². The number of rotatable bonds is 6. The fraction of sp³-hybridized carbons (Fsp3) is 0.333. The summed E-state index contributed by atoms with van der Waals surface area (Å²) in [5.41, 5.74) is 0.0359. The summed E-state index contributed by atoms with van der Waals surface area (Å²) in [5.74, 6) is -2.52. The van der Waals surface area contributed by atoms with E-state index < -0.39 is 27.6 Å². The molecule has 176 valence electrons. The van der Waals surface area contributed by atoms with Crippen LogP contribution in [-0.2, 0) is 19.6 Å². The van der Waals surface area contributed by atoms with E-state index in [9.17, 15) is 23.1 Å². The maximum Gasteiger partial charge on any atom is 0.394 e.